The topological polar surface area (TPSA) is 72.6 Å². The van der Waals surface area contributed by atoms with Gasteiger partial charge in [-0.25, -0.2) is 9.18 Å². The standard InChI is InChI=1S/C21H23FN2O3/c22-18-8-6-16(7-9-18)20(25)17-10-12-24(13-11-17)14-19(27-21(23)26)15-4-2-1-3-5-15/h1-9,17,19H,10-14H2,(H2,23,26)/t19-/m0/s1. The van der Waals surface area contributed by atoms with Crippen LogP contribution in [0.15, 0.2) is 54.6 Å². The number of piperidine rings is 1. The van der Waals surface area contributed by atoms with Gasteiger partial charge in [0.2, 0.25) is 0 Å². The van der Waals surface area contributed by atoms with Crippen molar-refractivity contribution in [1.82, 2.24) is 4.90 Å². The zero-order valence-electron chi connectivity index (χ0n) is 15.0. The minimum Gasteiger partial charge on any atom is -0.440 e. The summed E-state index contributed by atoms with van der Waals surface area (Å²) in [7, 11) is 0. The van der Waals surface area contributed by atoms with Gasteiger partial charge in [0.15, 0.2) is 5.78 Å². The third-order valence-corrected chi connectivity index (χ3v) is 4.94. The summed E-state index contributed by atoms with van der Waals surface area (Å²) in [4.78, 5) is 26.0. The maximum absolute atomic E-state index is 13.0. The normalized spacial score (nSPS) is 16.6. The van der Waals surface area contributed by atoms with Crippen LogP contribution >= 0.6 is 0 Å². The Balaban J connectivity index is 1.58. The second kappa shape index (κ2) is 8.77. The molecular weight excluding hydrogens is 347 g/mol. The minimum absolute atomic E-state index is 0.0580. The molecule has 0 aromatic heterocycles. The zero-order valence-corrected chi connectivity index (χ0v) is 15.0. The molecule has 2 aromatic rings. The Kier molecular flexibility index (Phi) is 6.19. The average molecular weight is 370 g/mol. The highest BCUT2D eigenvalue weighted by Crippen LogP contribution is 2.25. The lowest BCUT2D eigenvalue weighted by atomic mass is 9.88. The molecule has 1 atom stereocenters. The first-order chi connectivity index (χ1) is 13.0. The lowest BCUT2D eigenvalue weighted by Gasteiger charge is -2.33. The fourth-order valence-corrected chi connectivity index (χ4v) is 3.48. The molecule has 3 rings (SSSR count). The fraction of sp³-hybridized carbons (Fsp3) is 0.333. The summed E-state index contributed by atoms with van der Waals surface area (Å²) in [5, 5.41) is 0. The highest BCUT2D eigenvalue weighted by atomic mass is 19.1. The number of ketones is 1. The van der Waals surface area contributed by atoms with E-state index in [4.69, 9.17) is 10.5 Å². The predicted molar refractivity (Wildman–Crippen MR) is 99.7 cm³/mol. The van der Waals surface area contributed by atoms with Crippen LogP contribution in [0.25, 0.3) is 0 Å². The Morgan fingerprint density at radius 1 is 1.07 bits per heavy atom. The molecule has 2 N–H and O–H groups in total. The van der Waals surface area contributed by atoms with Gasteiger partial charge >= 0.3 is 6.09 Å². The summed E-state index contributed by atoms with van der Waals surface area (Å²) in [5.74, 6) is -0.357. The van der Waals surface area contributed by atoms with Crippen molar-refractivity contribution < 1.29 is 18.7 Å². The second-order valence-corrected chi connectivity index (χ2v) is 6.78. The van der Waals surface area contributed by atoms with Gasteiger partial charge in [-0.15, -0.1) is 0 Å². The van der Waals surface area contributed by atoms with Gasteiger partial charge in [-0.05, 0) is 55.8 Å². The van der Waals surface area contributed by atoms with Gasteiger partial charge in [-0.1, -0.05) is 30.3 Å². The first-order valence-corrected chi connectivity index (χ1v) is 9.06. The number of rotatable bonds is 6. The van der Waals surface area contributed by atoms with Crippen molar-refractivity contribution in [3.63, 3.8) is 0 Å². The Hall–Kier alpha value is -2.73. The molecule has 1 amide bonds. The maximum atomic E-state index is 13.0. The van der Waals surface area contributed by atoms with E-state index < -0.39 is 12.2 Å². The van der Waals surface area contributed by atoms with Crippen molar-refractivity contribution in [3.8, 4) is 0 Å². The van der Waals surface area contributed by atoms with E-state index in [0.29, 0.717) is 24.9 Å². The highest BCUT2D eigenvalue weighted by Gasteiger charge is 2.28. The number of carbonyl (C=O) groups excluding carboxylic acids is 2. The second-order valence-electron chi connectivity index (χ2n) is 6.78. The number of halogens is 1. The number of Topliss-reactive ketones (excluding diaryl/α,β-unsaturated/α-hetero) is 1. The van der Waals surface area contributed by atoms with Gasteiger partial charge in [0.05, 0.1) is 0 Å². The van der Waals surface area contributed by atoms with Crippen molar-refractivity contribution in [1.29, 1.82) is 0 Å². The summed E-state index contributed by atoms with van der Waals surface area (Å²) in [5.41, 5.74) is 6.66. The van der Waals surface area contributed by atoms with E-state index in [1.807, 2.05) is 30.3 Å². The number of hydrogen-bond donors (Lipinski definition) is 1. The Morgan fingerprint density at radius 2 is 1.70 bits per heavy atom. The largest absolute Gasteiger partial charge is 0.440 e. The van der Waals surface area contributed by atoms with Gasteiger partial charge < -0.3 is 10.5 Å². The van der Waals surface area contributed by atoms with Gasteiger partial charge in [-0.3, -0.25) is 9.69 Å². The minimum atomic E-state index is -0.801. The van der Waals surface area contributed by atoms with E-state index in [-0.39, 0.29) is 17.5 Å². The number of carbonyl (C=O) groups is 2. The van der Waals surface area contributed by atoms with Crippen molar-refractivity contribution >= 4 is 11.9 Å². The van der Waals surface area contributed by atoms with Gasteiger partial charge in [0.25, 0.3) is 0 Å². The van der Waals surface area contributed by atoms with Crippen LogP contribution in [0.1, 0.15) is 34.9 Å². The molecule has 27 heavy (non-hydrogen) atoms. The van der Waals surface area contributed by atoms with Crippen LogP contribution in [0.2, 0.25) is 0 Å². The molecule has 0 aliphatic carbocycles. The summed E-state index contributed by atoms with van der Waals surface area (Å²) >= 11 is 0. The Labute approximate surface area is 157 Å². The summed E-state index contributed by atoms with van der Waals surface area (Å²) in [6.07, 6.45) is 0.195. The lowest BCUT2D eigenvalue weighted by Crippen LogP contribution is -2.39. The van der Waals surface area contributed by atoms with E-state index in [2.05, 4.69) is 4.90 Å². The van der Waals surface area contributed by atoms with E-state index in [1.54, 1.807) is 0 Å². The van der Waals surface area contributed by atoms with Crippen molar-refractivity contribution in [2.24, 2.45) is 11.7 Å². The SMILES string of the molecule is NC(=O)O[C@@H](CN1CCC(C(=O)c2ccc(F)cc2)CC1)c1ccccc1. The van der Waals surface area contributed by atoms with Crippen LogP contribution in [0.4, 0.5) is 9.18 Å². The summed E-state index contributed by atoms with van der Waals surface area (Å²) in [6.45, 7) is 1.98. The molecule has 0 radical (unpaired) electrons. The lowest BCUT2D eigenvalue weighted by molar-refractivity contribution is 0.0598. The van der Waals surface area contributed by atoms with E-state index in [0.717, 1.165) is 18.7 Å². The number of benzene rings is 2. The third kappa shape index (κ3) is 5.14. The van der Waals surface area contributed by atoms with Crippen LogP contribution in [0, 0.1) is 11.7 Å². The number of hydrogen-bond acceptors (Lipinski definition) is 4. The van der Waals surface area contributed by atoms with E-state index >= 15 is 0 Å². The Bertz CT molecular complexity index is 772. The molecule has 0 saturated carbocycles. The van der Waals surface area contributed by atoms with Gasteiger partial charge in [0.1, 0.15) is 11.9 Å². The average Bonchev–Trinajstić information content (AvgIpc) is 2.68. The number of likely N-dealkylation sites (tertiary alicyclic amines) is 1. The molecule has 6 heteroatoms. The van der Waals surface area contributed by atoms with Crippen molar-refractivity contribution in [2.75, 3.05) is 19.6 Å². The van der Waals surface area contributed by atoms with Crippen molar-refractivity contribution in [2.45, 2.75) is 18.9 Å². The van der Waals surface area contributed by atoms with Crippen molar-refractivity contribution in [3.05, 3.63) is 71.5 Å². The molecule has 0 spiro atoms. The monoisotopic (exact) mass is 370 g/mol. The molecule has 5 nitrogen and oxygen atoms in total. The van der Waals surface area contributed by atoms with Crippen LogP contribution in [0.3, 0.4) is 0 Å². The first kappa shape index (κ1) is 19.0. The molecule has 1 heterocycles. The van der Waals surface area contributed by atoms with Crippen LogP contribution in [0.5, 0.6) is 0 Å². The number of ether oxygens (including phenoxy) is 1. The number of primary amides is 1. The molecule has 1 saturated heterocycles. The molecule has 1 aliphatic heterocycles. The molecule has 1 fully saturated rings. The van der Waals surface area contributed by atoms with Gasteiger partial charge in [0, 0.05) is 18.0 Å². The Morgan fingerprint density at radius 3 is 2.30 bits per heavy atom. The molecule has 0 unspecified atom stereocenters. The van der Waals surface area contributed by atoms with Crippen LogP contribution in [-0.4, -0.2) is 36.4 Å². The van der Waals surface area contributed by atoms with E-state index in [9.17, 15) is 14.0 Å². The number of nitrogens with zero attached hydrogens (tertiary/aromatic N) is 1. The quantitative estimate of drug-likeness (QED) is 0.789. The maximum Gasteiger partial charge on any atom is 0.405 e. The molecular formula is C21H23FN2O3. The highest BCUT2D eigenvalue weighted by molar-refractivity contribution is 5.97. The summed E-state index contributed by atoms with van der Waals surface area (Å²) < 4.78 is 18.3. The van der Waals surface area contributed by atoms with E-state index in [1.165, 1.54) is 24.3 Å². The first-order valence-electron chi connectivity index (χ1n) is 9.06. The third-order valence-electron chi connectivity index (χ3n) is 4.94. The smallest absolute Gasteiger partial charge is 0.405 e. The molecule has 142 valence electrons. The molecule has 1 aliphatic rings. The zero-order chi connectivity index (χ0) is 19.2. The molecule has 0 bridgehead atoms. The number of nitrogens with two attached hydrogens (primary N) is 1. The number of amides is 1. The fourth-order valence-electron chi connectivity index (χ4n) is 3.48. The molecule has 2 aromatic carbocycles. The summed E-state index contributed by atoms with van der Waals surface area (Å²) in [6, 6.07) is 15.2. The predicted octanol–water partition coefficient (Wildman–Crippen LogP) is 3.56. The van der Waals surface area contributed by atoms with Crippen LogP contribution in [-0.2, 0) is 4.74 Å². The van der Waals surface area contributed by atoms with Crippen LogP contribution < -0.4 is 5.73 Å². The van der Waals surface area contributed by atoms with Gasteiger partial charge in [-0.2, -0.15) is 0 Å².